The van der Waals surface area contributed by atoms with Gasteiger partial charge in [-0.25, -0.2) is 4.79 Å². The number of carbonyl (C=O) groups is 4. The molecule has 1 aliphatic rings. The van der Waals surface area contributed by atoms with Crippen molar-refractivity contribution in [1.29, 1.82) is 0 Å². The van der Waals surface area contributed by atoms with Gasteiger partial charge in [0.2, 0.25) is 0 Å². The van der Waals surface area contributed by atoms with Crippen molar-refractivity contribution in [3.63, 3.8) is 0 Å². The maximum Gasteiger partial charge on any atom is 0.326 e. The van der Waals surface area contributed by atoms with Crippen LogP contribution in [0.2, 0.25) is 10.0 Å². The molecule has 1 aliphatic heterocycles. The van der Waals surface area contributed by atoms with Gasteiger partial charge in [0.25, 0.3) is 17.7 Å². The lowest BCUT2D eigenvalue weighted by molar-refractivity contribution is -0.144. The summed E-state index contributed by atoms with van der Waals surface area (Å²) in [5.74, 6) is -2.61. The average molecular weight is 616 g/mol. The van der Waals surface area contributed by atoms with Gasteiger partial charge < -0.3 is 35.3 Å². The van der Waals surface area contributed by atoms with Crippen molar-refractivity contribution in [3.05, 3.63) is 93.5 Å². The number of para-hydroxylation sites is 1. The van der Waals surface area contributed by atoms with Crippen LogP contribution < -0.4 is 20.7 Å². The van der Waals surface area contributed by atoms with Crippen LogP contribution in [0.3, 0.4) is 0 Å². The van der Waals surface area contributed by atoms with Crippen LogP contribution in [0.15, 0.2) is 66.7 Å². The molecule has 4 N–H and O–H groups in total. The lowest BCUT2D eigenvalue weighted by Crippen LogP contribution is -2.52. The number of amides is 3. The number of hydrogen-bond donors (Lipinski definition) is 4. The number of benzene rings is 3. The van der Waals surface area contributed by atoms with Gasteiger partial charge in [-0.15, -0.1) is 0 Å². The van der Waals surface area contributed by atoms with Crippen LogP contribution in [0, 0.1) is 0 Å². The quantitative estimate of drug-likeness (QED) is 0.256. The molecule has 3 aromatic carbocycles. The van der Waals surface area contributed by atoms with E-state index in [0.29, 0.717) is 17.0 Å². The second kappa shape index (κ2) is 14.1. The highest BCUT2D eigenvalue weighted by Gasteiger charge is 2.41. The van der Waals surface area contributed by atoms with Crippen molar-refractivity contribution in [2.24, 2.45) is 0 Å². The number of ether oxygens (including phenoxy) is 3. The van der Waals surface area contributed by atoms with Crippen LogP contribution in [-0.4, -0.2) is 60.9 Å². The third-order valence-electron chi connectivity index (χ3n) is 6.39. The number of hydrogen-bond acceptors (Lipinski definition) is 7. The van der Waals surface area contributed by atoms with Gasteiger partial charge in [0.05, 0.1) is 22.7 Å². The summed E-state index contributed by atoms with van der Waals surface area (Å²) in [4.78, 5) is 50.3. The minimum Gasteiger partial charge on any atom is -0.496 e. The number of carboxylic acids is 1. The van der Waals surface area contributed by atoms with Gasteiger partial charge >= 0.3 is 5.97 Å². The number of rotatable bonds is 11. The number of aliphatic carboxylic acids is 1. The molecule has 3 amide bonds. The van der Waals surface area contributed by atoms with Crippen LogP contribution in [0.25, 0.3) is 0 Å². The van der Waals surface area contributed by atoms with Crippen LogP contribution in [-0.2, 0) is 36.8 Å². The standard InChI is InChI=1S/C29H27Cl2N3O8/c1-40-22-8-3-2-5-17(22)14-32-27(36)24-25(42-15-41-24)28(37)34-21(29(38)39)13-16-9-11-18(12-10-16)33-26(35)23-19(30)6-4-7-20(23)31/h2-12,21,24-25H,13-15H2,1H3,(H,32,36)(H,33,35)(H,34,37)(H,38,39)/t21?,24-,25-/m1/s1. The smallest absolute Gasteiger partial charge is 0.326 e. The molecule has 0 saturated carbocycles. The number of anilines is 1. The molecular weight excluding hydrogens is 589 g/mol. The van der Waals surface area contributed by atoms with Crippen LogP contribution >= 0.6 is 23.2 Å². The topological polar surface area (TPSA) is 152 Å². The highest BCUT2D eigenvalue weighted by Crippen LogP contribution is 2.25. The van der Waals surface area contributed by atoms with E-state index in [9.17, 15) is 24.3 Å². The molecule has 0 bridgehead atoms. The number of carboxylic acid groups (broad SMARTS) is 1. The SMILES string of the molecule is COc1ccccc1CNC(=O)[C@@H]1OCO[C@H]1C(=O)NC(Cc1ccc(NC(=O)c2c(Cl)cccc2Cl)cc1)C(=O)O. The lowest BCUT2D eigenvalue weighted by Gasteiger charge is -2.20. The predicted molar refractivity (Wildman–Crippen MR) is 154 cm³/mol. The molecule has 1 saturated heterocycles. The molecule has 4 rings (SSSR count). The molecule has 0 aliphatic carbocycles. The van der Waals surface area contributed by atoms with Crippen molar-refractivity contribution >= 4 is 52.6 Å². The molecule has 0 spiro atoms. The van der Waals surface area contributed by atoms with E-state index >= 15 is 0 Å². The zero-order valence-electron chi connectivity index (χ0n) is 22.3. The summed E-state index contributed by atoms with van der Waals surface area (Å²) in [6, 6.07) is 16.9. The Morgan fingerprint density at radius 1 is 0.929 bits per heavy atom. The first kappa shape index (κ1) is 30.8. The Morgan fingerprint density at radius 3 is 2.21 bits per heavy atom. The summed E-state index contributed by atoms with van der Waals surface area (Å²) in [7, 11) is 1.51. The van der Waals surface area contributed by atoms with Crippen molar-refractivity contribution < 1.29 is 38.5 Å². The van der Waals surface area contributed by atoms with Crippen molar-refractivity contribution in [2.45, 2.75) is 31.2 Å². The van der Waals surface area contributed by atoms with E-state index in [1.54, 1.807) is 66.7 Å². The third kappa shape index (κ3) is 7.56. The molecule has 0 aromatic heterocycles. The highest BCUT2D eigenvalue weighted by molar-refractivity contribution is 6.40. The van der Waals surface area contributed by atoms with E-state index in [2.05, 4.69) is 16.0 Å². The van der Waals surface area contributed by atoms with Gasteiger partial charge in [0, 0.05) is 24.2 Å². The summed E-state index contributed by atoms with van der Waals surface area (Å²) >= 11 is 12.2. The number of nitrogens with one attached hydrogen (secondary N) is 3. The largest absolute Gasteiger partial charge is 0.496 e. The Balaban J connectivity index is 1.35. The first-order valence-corrected chi connectivity index (χ1v) is 13.4. The monoisotopic (exact) mass is 615 g/mol. The van der Waals surface area contributed by atoms with Crippen molar-refractivity contribution in [2.75, 3.05) is 19.2 Å². The number of carbonyl (C=O) groups excluding carboxylic acids is 3. The van der Waals surface area contributed by atoms with E-state index in [-0.39, 0.29) is 35.4 Å². The molecule has 13 heteroatoms. The maximum absolute atomic E-state index is 13.0. The fourth-order valence-electron chi connectivity index (χ4n) is 4.24. The van der Waals surface area contributed by atoms with Gasteiger partial charge in [-0.1, -0.05) is 59.6 Å². The molecule has 1 heterocycles. The maximum atomic E-state index is 13.0. The highest BCUT2D eigenvalue weighted by atomic mass is 35.5. The second-order valence-electron chi connectivity index (χ2n) is 9.17. The van der Waals surface area contributed by atoms with Crippen molar-refractivity contribution in [3.8, 4) is 5.75 Å². The first-order chi connectivity index (χ1) is 20.2. The second-order valence-corrected chi connectivity index (χ2v) is 9.99. The van der Waals surface area contributed by atoms with E-state index in [4.69, 9.17) is 37.4 Å². The van der Waals surface area contributed by atoms with Gasteiger partial charge in [-0.3, -0.25) is 14.4 Å². The molecule has 220 valence electrons. The zero-order valence-corrected chi connectivity index (χ0v) is 23.8. The Bertz CT molecular complexity index is 1450. The Hall–Kier alpha value is -4.16. The molecule has 1 fully saturated rings. The Kier molecular flexibility index (Phi) is 10.4. The normalized spacial score (nSPS) is 16.7. The minimum atomic E-state index is -1.35. The van der Waals surface area contributed by atoms with E-state index < -0.39 is 41.9 Å². The van der Waals surface area contributed by atoms with E-state index in [0.717, 1.165) is 5.56 Å². The number of halogens is 2. The minimum absolute atomic E-state index is 0.0795. The molecular formula is C29H27Cl2N3O8. The summed E-state index contributed by atoms with van der Waals surface area (Å²) in [5, 5.41) is 17.9. The van der Waals surface area contributed by atoms with Gasteiger partial charge in [0.1, 0.15) is 18.6 Å². The van der Waals surface area contributed by atoms with Crippen LogP contribution in [0.5, 0.6) is 5.75 Å². The fraction of sp³-hybridized carbons (Fsp3) is 0.241. The average Bonchev–Trinajstić information content (AvgIpc) is 3.47. The number of methoxy groups -OCH3 is 1. The Morgan fingerprint density at radius 2 is 1.57 bits per heavy atom. The lowest BCUT2D eigenvalue weighted by atomic mass is 10.0. The summed E-state index contributed by atoms with van der Waals surface area (Å²) in [6.07, 6.45) is -2.70. The third-order valence-corrected chi connectivity index (χ3v) is 7.02. The zero-order chi connectivity index (χ0) is 30.2. The van der Waals surface area contributed by atoms with Crippen molar-refractivity contribution in [1.82, 2.24) is 10.6 Å². The van der Waals surface area contributed by atoms with Crippen LogP contribution in [0.4, 0.5) is 5.69 Å². The fourth-order valence-corrected chi connectivity index (χ4v) is 4.81. The molecule has 1 unspecified atom stereocenters. The summed E-state index contributed by atoms with van der Waals surface area (Å²) in [5.41, 5.74) is 1.83. The summed E-state index contributed by atoms with van der Waals surface area (Å²) in [6.45, 7) is -0.189. The first-order valence-electron chi connectivity index (χ1n) is 12.7. The van der Waals surface area contributed by atoms with Gasteiger partial charge in [0.15, 0.2) is 12.2 Å². The van der Waals surface area contributed by atoms with E-state index in [1.807, 2.05) is 0 Å². The van der Waals surface area contributed by atoms with Crippen LogP contribution in [0.1, 0.15) is 21.5 Å². The molecule has 3 atom stereocenters. The van der Waals surface area contributed by atoms with Gasteiger partial charge in [-0.05, 0) is 35.9 Å². The predicted octanol–water partition coefficient (Wildman–Crippen LogP) is 3.42. The molecule has 42 heavy (non-hydrogen) atoms. The molecule has 3 aromatic rings. The van der Waals surface area contributed by atoms with Gasteiger partial charge in [-0.2, -0.15) is 0 Å². The summed E-state index contributed by atoms with van der Waals surface area (Å²) < 4.78 is 15.9. The van der Waals surface area contributed by atoms with E-state index in [1.165, 1.54) is 7.11 Å². The molecule has 11 nitrogen and oxygen atoms in total. The molecule has 0 radical (unpaired) electrons. The Labute approximate surface area is 251 Å².